The quantitative estimate of drug-likeness (QED) is 0.481. The van der Waals surface area contributed by atoms with Crippen molar-refractivity contribution in [3.05, 3.63) is 81.8 Å². The smallest absolute Gasteiger partial charge is 0.278 e. The summed E-state index contributed by atoms with van der Waals surface area (Å²) in [6.45, 7) is 5.93. The molecule has 1 aliphatic rings. The van der Waals surface area contributed by atoms with Crippen molar-refractivity contribution in [1.82, 2.24) is 14.8 Å². The standard InChI is InChI=1S/C25H25N3O2.2ClH/c29-23(19-9-10-22-24-20(19)7-4-8-21(24)25(30)26-22)11-12-27-13-15-28(16-14-27)17-18-5-2-1-3-6-18;;/h1-10,29H,11-17H2;2*1H/b23-19+;;. The van der Waals surface area contributed by atoms with Gasteiger partial charge in [0.25, 0.3) is 5.56 Å². The summed E-state index contributed by atoms with van der Waals surface area (Å²) < 4.78 is 0. The molecule has 0 aliphatic carbocycles. The van der Waals surface area contributed by atoms with Gasteiger partial charge in [0.05, 0.1) is 10.9 Å². The Hall–Kier alpha value is -2.44. The third-order valence-electron chi connectivity index (χ3n) is 6.16. The molecule has 0 radical (unpaired) electrons. The number of nitrogens with zero attached hydrogens (tertiary/aromatic N) is 3. The van der Waals surface area contributed by atoms with E-state index in [0.717, 1.165) is 55.3 Å². The highest BCUT2D eigenvalue weighted by Crippen LogP contribution is 2.21. The van der Waals surface area contributed by atoms with Crippen molar-refractivity contribution in [3.8, 4) is 0 Å². The van der Waals surface area contributed by atoms with E-state index in [0.29, 0.717) is 23.1 Å². The van der Waals surface area contributed by atoms with Crippen LogP contribution in [0.5, 0.6) is 0 Å². The van der Waals surface area contributed by atoms with Crippen LogP contribution in [-0.4, -0.2) is 52.6 Å². The third-order valence-corrected chi connectivity index (χ3v) is 6.16. The molecular formula is C25H27Cl2N3O2. The number of hydrogen-bond donors (Lipinski definition) is 1. The Kier molecular flexibility index (Phi) is 7.91. The van der Waals surface area contributed by atoms with Gasteiger partial charge in [0.2, 0.25) is 0 Å². The van der Waals surface area contributed by atoms with Gasteiger partial charge < -0.3 is 10.0 Å². The summed E-state index contributed by atoms with van der Waals surface area (Å²) in [5.41, 5.74) is 1.87. The molecule has 1 aliphatic heterocycles. The van der Waals surface area contributed by atoms with Crippen molar-refractivity contribution >= 4 is 52.2 Å². The van der Waals surface area contributed by atoms with E-state index in [1.54, 1.807) is 6.07 Å². The fourth-order valence-electron chi connectivity index (χ4n) is 4.49. The van der Waals surface area contributed by atoms with Crippen molar-refractivity contribution < 1.29 is 5.11 Å². The Labute approximate surface area is 199 Å². The molecule has 2 heterocycles. The number of halogens is 2. The average molecular weight is 472 g/mol. The van der Waals surface area contributed by atoms with E-state index < -0.39 is 0 Å². The second kappa shape index (κ2) is 10.5. The van der Waals surface area contributed by atoms with Crippen LogP contribution in [-0.2, 0) is 6.54 Å². The van der Waals surface area contributed by atoms with Crippen molar-refractivity contribution in [2.45, 2.75) is 13.0 Å². The first-order valence-electron chi connectivity index (χ1n) is 10.5. The van der Waals surface area contributed by atoms with E-state index in [-0.39, 0.29) is 30.4 Å². The minimum absolute atomic E-state index is 0. The first-order valence-corrected chi connectivity index (χ1v) is 10.5. The maximum atomic E-state index is 12.1. The summed E-state index contributed by atoms with van der Waals surface area (Å²) in [7, 11) is 0. The van der Waals surface area contributed by atoms with Crippen LogP contribution in [0.15, 0.2) is 65.5 Å². The molecule has 1 saturated heterocycles. The van der Waals surface area contributed by atoms with E-state index >= 15 is 0 Å². The highest BCUT2D eigenvalue weighted by Gasteiger charge is 2.17. The van der Waals surface area contributed by atoms with Crippen molar-refractivity contribution in [2.75, 3.05) is 32.7 Å². The number of aliphatic hydroxyl groups excluding tert-OH is 1. The Morgan fingerprint density at radius 3 is 2.28 bits per heavy atom. The molecule has 0 spiro atoms. The highest BCUT2D eigenvalue weighted by atomic mass is 35.5. The number of rotatable bonds is 5. The van der Waals surface area contributed by atoms with Gasteiger partial charge in [-0.2, -0.15) is 0 Å². The van der Waals surface area contributed by atoms with Crippen molar-refractivity contribution in [2.24, 2.45) is 0 Å². The second-order valence-corrected chi connectivity index (χ2v) is 8.08. The van der Waals surface area contributed by atoms with Crippen LogP contribution in [0, 0.1) is 0 Å². The molecule has 3 aromatic carbocycles. The van der Waals surface area contributed by atoms with Crippen LogP contribution in [0.4, 0.5) is 0 Å². The molecule has 0 atom stereocenters. The summed E-state index contributed by atoms with van der Waals surface area (Å²) in [6, 6.07) is 20.0. The zero-order valence-electron chi connectivity index (χ0n) is 17.7. The number of benzene rings is 3. The maximum absolute atomic E-state index is 12.1. The minimum Gasteiger partial charge on any atom is -0.512 e. The lowest BCUT2D eigenvalue weighted by Crippen LogP contribution is -2.46. The summed E-state index contributed by atoms with van der Waals surface area (Å²) in [4.78, 5) is 21.1. The van der Waals surface area contributed by atoms with Gasteiger partial charge in [0.15, 0.2) is 0 Å². The minimum atomic E-state index is -0.194. The molecule has 0 unspecified atom stereocenters. The van der Waals surface area contributed by atoms with Gasteiger partial charge in [-0.15, -0.1) is 24.8 Å². The summed E-state index contributed by atoms with van der Waals surface area (Å²) in [5, 5.41) is 14.0. The second-order valence-electron chi connectivity index (χ2n) is 8.08. The van der Waals surface area contributed by atoms with E-state index in [2.05, 4.69) is 45.1 Å². The fraction of sp³-hybridized carbons (Fsp3) is 0.280. The lowest BCUT2D eigenvalue weighted by molar-refractivity contribution is 0.128. The van der Waals surface area contributed by atoms with E-state index in [1.807, 2.05) is 24.3 Å². The van der Waals surface area contributed by atoms with Gasteiger partial charge in [-0.3, -0.25) is 9.69 Å². The molecule has 5 nitrogen and oxygen atoms in total. The van der Waals surface area contributed by atoms with Crippen LogP contribution < -0.4 is 10.8 Å². The number of aliphatic hydroxyl groups is 1. The Morgan fingerprint density at radius 1 is 0.844 bits per heavy atom. The molecule has 7 heteroatoms. The molecule has 32 heavy (non-hydrogen) atoms. The van der Waals surface area contributed by atoms with Crippen LogP contribution in [0.2, 0.25) is 0 Å². The first kappa shape index (κ1) is 24.2. The highest BCUT2D eigenvalue weighted by molar-refractivity contribution is 6.09. The molecule has 5 rings (SSSR count). The Bertz CT molecular complexity index is 1280. The third kappa shape index (κ3) is 4.81. The summed E-state index contributed by atoms with van der Waals surface area (Å²) in [6.07, 6.45) is 0.600. The topological polar surface area (TPSA) is 56.7 Å². The van der Waals surface area contributed by atoms with Crippen molar-refractivity contribution in [3.63, 3.8) is 0 Å². The number of piperazine rings is 1. The molecule has 1 aromatic heterocycles. The molecule has 0 amide bonds. The predicted octanol–water partition coefficient (Wildman–Crippen LogP) is 3.62. The van der Waals surface area contributed by atoms with Crippen LogP contribution in [0.25, 0.3) is 27.4 Å². The zero-order valence-corrected chi connectivity index (χ0v) is 19.4. The van der Waals surface area contributed by atoms with E-state index in [4.69, 9.17) is 0 Å². The zero-order chi connectivity index (χ0) is 20.5. The maximum Gasteiger partial charge on any atom is 0.278 e. The van der Waals surface area contributed by atoms with E-state index in [9.17, 15) is 9.90 Å². The van der Waals surface area contributed by atoms with Crippen LogP contribution in [0.3, 0.4) is 0 Å². The van der Waals surface area contributed by atoms with Gasteiger partial charge in [0.1, 0.15) is 5.76 Å². The lowest BCUT2D eigenvalue weighted by atomic mass is 10.0. The fourth-order valence-corrected chi connectivity index (χ4v) is 4.49. The van der Waals surface area contributed by atoms with Gasteiger partial charge in [-0.05, 0) is 29.1 Å². The summed E-state index contributed by atoms with van der Waals surface area (Å²) >= 11 is 0. The molecule has 168 valence electrons. The molecular weight excluding hydrogens is 445 g/mol. The van der Waals surface area contributed by atoms with E-state index in [1.165, 1.54) is 5.56 Å². The van der Waals surface area contributed by atoms with Gasteiger partial charge in [-0.1, -0.05) is 42.5 Å². The molecule has 1 fully saturated rings. The monoisotopic (exact) mass is 471 g/mol. The molecule has 0 saturated carbocycles. The largest absolute Gasteiger partial charge is 0.512 e. The molecule has 1 N–H and O–H groups in total. The SMILES string of the molecule is Cl.Cl.O=c1nc2cc/c(=C(\O)CCN3CCN(Cc4ccccc4)CC3)c3cccc1c23. The molecule has 0 bridgehead atoms. The summed E-state index contributed by atoms with van der Waals surface area (Å²) in [5.74, 6) is 0.379. The number of hydrogen-bond acceptors (Lipinski definition) is 5. The predicted molar refractivity (Wildman–Crippen MR) is 135 cm³/mol. The Morgan fingerprint density at radius 2 is 1.53 bits per heavy atom. The molecule has 4 aromatic rings. The normalized spacial score (nSPS) is 16.0. The average Bonchev–Trinajstić information content (AvgIpc) is 3.11. The van der Waals surface area contributed by atoms with Gasteiger partial charge >= 0.3 is 0 Å². The van der Waals surface area contributed by atoms with Gasteiger partial charge in [-0.25, -0.2) is 4.98 Å². The Balaban J connectivity index is 0.00000144. The van der Waals surface area contributed by atoms with Crippen LogP contribution >= 0.6 is 24.8 Å². The van der Waals surface area contributed by atoms with Crippen LogP contribution in [0.1, 0.15) is 12.0 Å². The van der Waals surface area contributed by atoms with Gasteiger partial charge in [0, 0.05) is 56.3 Å². The first-order chi connectivity index (χ1) is 14.7. The number of aromatic nitrogens is 1. The lowest BCUT2D eigenvalue weighted by Gasteiger charge is -2.34. The van der Waals surface area contributed by atoms with Crippen molar-refractivity contribution in [1.29, 1.82) is 0 Å².